The van der Waals surface area contributed by atoms with Crippen molar-refractivity contribution >= 4 is 10.0 Å². The predicted molar refractivity (Wildman–Crippen MR) is 66.0 cm³/mol. The highest BCUT2D eigenvalue weighted by Gasteiger charge is 2.24. The Hall–Kier alpha value is -1.38. The number of nitrogens with zero attached hydrogens (tertiary/aromatic N) is 2. The molecule has 0 fully saturated rings. The minimum absolute atomic E-state index is 0.120. The normalized spacial score (nSPS) is 11.8. The number of benzene rings is 1. The van der Waals surface area contributed by atoms with E-state index in [4.69, 9.17) is 5.26 Å². The van der Waals surface area contributed by atoms with Gasteiger partial charge in [0.1, 0.15) is 0 Å². The molecule has 5 heteroatoms. The molecule has 0 heterocycles. The van der Waals surface area contributed by atoms with Crippen LogP contribution in [-0.2, 0) is 10.0 Å². The molecule has 1 aromatic rings. The first-order chi connectivity index (χ1) is 7.80. The van der Waals surface area contributed by atoms with Crippen molar-refractivity contribution in [2.45, 2.75) is 31.7 Å². The molecule has 0 amide bonds. The smallest absolute Gasteiger partial charge is 0.207 e. The maximum atomic E-state index is 12.3. The van der Waals surface area contributed by atoms with Crippen molar-refractivity contribution in [3.63, 3.8) is 0 Å². The Morgan fingerprint density at radius 2 is 1.94 bits per heavy atom. The van der Waals surface area contributed by atoms with Gasteiger partial charge in [-0.1, -0.05) is 6.07 Å². The van der Waals surface area contributed by atoms with Gasteiger partial charge in [0, 0.05) is 13.1 Å². The zero-order valence-corrected chi connectivity index (χ0v) is 11.2. The highest BCUT2D eigenvalue weighted by atomic mass is 32.2. The second-order valence-corrected chi connectivity index (χ2v) is 6.17. The first-order valence-corrected chi connectivity index (χ1v) is 6.73. The van der Waals surface area contributed by atoms with Crippen molar-refractivity contribution in [1.29, 1.82) is 5.26 Å². The van der Waals surface area contributed by atoms with Gasteiger partial charge in [-0.15, -0.1) is 0 Å². The molecule has 0 aromatic heterocycles. The minimum atomic E-state index is -3.52. The zero-order valence-electron chi connectivity index (χ0n) is 10.4. The van der Waals surface area contributed by atoms with Crippen LogP contribution >= 0.6 is 0 Å². The van der Waals surface area contributed by atoms with E-state index in [-0.39, 0.29) is 10.9 Å². The molecule has 0 aliphatic heterocycles. The van der Waals surface area contributed by atoms with Gasteiger partial charge in [-0.3, -0.25) is 0 Å². The van der Waals surface area contributed by atoms with E-state index in [1.165, 1.54) is 10.4 Å². The van der Waals surface area contributed by atoms with Crippen LogP contribution in [0.2, 0.25) is 0 Å². The van der Waals surface area contributed by atoms with Gasteiger partial charge in [0.15, 0.2) is 0 Å². The van der Waals surface area contributed by atoms with Crippen LogP contribution in [0.1, 0.15) is 25.0 Å². The second kappa shape index (κ2) is 4.86. The fourth-order valence-electron chi connectivity index (χ4n) is 1.38. The van der Waals surface area contributed by atoms with Crippen molar-refractivity contribution in [2.75, 3.05) is 7.05 Å². The summed E-state index contributed by atoms with van der Waals surface area (Å²) in [5.41, 5.74) is 1.00. The molecule has 0 aliphatic rings. The SMILES string of the molecule is Cc1ccc(C#N)cc1S(=O)(=O)N(C)C(C)C. The molecule has 0 atom stereocenters. The van der Waals surface area contributed by atoms with E-state index in [1.54, 1.807) is 40.0 Å². The van der Waals surface area contributed by atoms with Gasteiger partial charge in [-0.2, -0.15) is 9.57 Å². The molecule has 0 radical (unpaired) electrons. The number of hydrogen-bond acceptors (Lipinski definition) is 3. The maximum Gasteiger partial charge on any atom is 0.243 e. The number of rotatable bonds is 3. The number of sulfonamides is 1. The third kappa shape index (κ3) is 2.65. The van der Waals surface area contributed by atoms with Crippen LogP contribution in [0.3, 0.4) is 0 Å². The molecule has 92 valence electrons. The van der Waals surface area contributed by atoms with Crippen LogP contribution in [0.4, 0.5) is 0 Å². The van der Waals surface area contributed by atoms with E-state index in [2.05, 4.69) is 0 Å². The molecule has 0 bridgehead atoms. The van der Waals surface area contributed by atoms with E-state index >= 15 is 0 Å². The van der Waals surface area contributed by atoms with Crippen LogP contribution in [0.15, 0.2) is 23.1 Å². The van der Waals surface area contributed by atoms with Crippen LogP contribution in [-0.4, -0.2) is 25.8 Å². The van der Waals surface area contributed by atoms with E-state index in [0.717, 1.165) is 0 Å². The highest BCUT2D eigenvalue weighted by Crippen LogP contribution is 2.21. The van der Waals surface area contributed by atoms with Crippen LogP contribution < -0.4 is 0 Å². The summed E-state index contributed by atoms with van der Waals surface area (Å²) in [5, 5.41) is 8.81. The molecule has 0 saturated heterocycles. The maximum absolute atomic E-state index is 12.3. The summed E-state index contributed by atoms with van der Waals surface area (Å²) in [6.07, 6.45) is 0. The van der Waals surface area contributed by atoms with Crippen molar-refractivity contribution in [2.24, 2.45) is 0 Å². The van der Waals surface area contributed by atoms with Crippen molar-refractivity contribution in [3.05, 3.63) is 29.3 Å². The summed E-state index contributed by atoms with van der Waals surface area (Å²) in [5.74, 6) is 0. The largest absolute Gasteiger partial charge is 0.243 e. The Bertz CT molecular complexity index is 556. The third-order valence-corrected chi connectivity index (χ3v) is 4.88. The van der Waals surface area contributed by atoms with E-state index in [0.29, 0.717) is 11.1 Å². The van der Waals surface area contributed by atoms with E-state index in [1.807, 2.05) is 6.07 Å². The Labute approximate surface area is 103 Å². The monoisotopic (exact) mass is 252 g/mol. The average Bonchev–Trinajstić information content (AvgIpc) is 2.28. The first kappa shape index (κ1) is 13.7. The van der Waals surface area contributed by atoms with Gasteiger partial charge in [-0.25, -0.2) is 8.42 Å². The van der Waals surface area contributed by atoms with E-state index in [9.17, 15) is 8.42 Å². The zero-order chi connectivity index (χ0) is 13.2. The standard InChI is InChI=1S/C12H16N2O2S/c1-9(2)14(4)17(15,16)12-7-11(8-13)6-5-10(12)3/h5-7,9H,1-4H3. The summed E-state index contributed by atoms with van der Waals surface area (Å²) in [4.78, 5) is 0.202. The molecule has 1 rings (SSSR count). The molecule has 0 unspecified atom stereocenters. The Balaban J connectivity index is 3.39. The first-order valence-electron chi connectivity index (χ1n) is 5.29. The number of aryl methyl sites for hydroxylation is 1. The molecular weight excluding hydrogens is 236 g/mol. The van der Waals surface area contributed by atoms with Crippen molar-refractivity contribution < 1.29 is 8.42 Å². The van der Waals surface area contributed by atoms with Gasteiger partial charge in [0.05, 0.1) is 16.5 Å². The highest BCUT2D eigenvalue weighted by molar-refractivity contribution is 7.89. The molecule has 1 aromatic carbocycles. The van der Waals surface area contributed by atoms with Gasteiger partial charge in [0.25, 0.3) is 0 Å². The van der Waals surface area contributed by atoms with Gasteiger partial charge in [0.2, 0.25) is 10.0 Å². The Morgan fingerprint density at radius 3 is 2.41 bits per heavy atom. The Morgan fingerprint density at radius 1 is 1.35 bits per heavy atom. The Kier molecular flexibility index (Phi) is 3.91. The molecule has 4 nitrogen and oxygen atoms in total. The topological polar surface area (TPSA) is 61.2 Å². The molecular formula is C12H16N2O2S. The summed E-state index contributed by atoms with van der Waals surface area (Å²) >= 11 is 0. The summed E-state index contributed by atoms with van der Waals surface area (Å²) in [6, 6.07) is 6.52. The summed E-state index contributed by atoms with van der Waals surface area (Å²) < 4.78 is 25.9. The summed E-state index contributed by atoms with van der Waals surface area (Å²) in [6.45, 7) is 5.34. The number of hydrogen-bond donors (Lipinski definition) is 0. The minimum Gasteiger partial charge on any atom is -0.207 e. The quantitative estimate of drug-likeness (QED) is 0.825. The van der Waals surface area contributed by atoms with E-state index < -0.39 is 10.0 Å². The molecule has 17 heavy (non-hydrogen) atoms. The van der Waals surface area contributed by atoms with Gasteiger partial charge in [-0.05, 0) is 38.5 Å². The van der Waals surface area contributed by atoms with Crippen LogP contribution in [0.5, 0.6) is 0 Å². The van der Waals surface area contributed by atoms with Gasteiger partial charge >= 0.3 is 0 Å². The van der Waals surface area contributed by atoms with Crippen LogP contribution in [0.25, 0.3) is 0 Å². The molecule has 0 aliphatic carbocycles. The summed E-state index contributed by atoms with van der Waals surface area (Å²) in [7, 11) is -1.98. The fraction of sp³-hybridized carbons (Fsp3) is 0.417. The number of nitriles is 1. The van der Waals surface area contributed by atoms with Crippen molar-refractivity contribution in [3.8, 4) is 6.07 Å². The molecule has 0 saturated carbocycles. The van der Waals surface area contributed by atoms with Crippen molar-refractivity contribution in [1.82, 2.24) is 4.31 Å². The predicted octanol–water partition coefficient (Wildman–Crippen LogP) is 1.90. The van der Waals surface area contributed by atoms with Crippen LogP contribution in [0, 0.1) is 18.3 Å². The lowest BCUT2D eigenvalue weighted by Gasteiger charge is -2.22. The molecule has 0 spiro atoms. The molecule has 0 N–H and O–H groups in total. The lowest BCUT2D eigenvalue weighted by Crippen LogP contribution is -2.33. The second-order valence-electron chi connectivity index (χ2n) is 4.21. The third-order valence-electron chi connectivity index (χ3n) is 2.70. The lowest BCUT2D eigenvalue weighted by molar-refractivity contribution is 0.410. The lowest BCUT2D eigenvalue weighted by atomic mass is 10.2. The van der Waals surface area contributed by atoms with Gasteiger partial charge < -0.3 is 0 Å². The average molecular weight is 252 g/mol. The fourth-order valence-corrected chi connectivity index (χ4v) is 3.00.